The summed E-state index contributed by atoms with van der Waals surface area (Å²) in [5.74, 6) is 0. The van der Waals surface area contributed by atoms with Crippen molar-refractivity contribution in [2.75, 3.05) is 5.32 Å². The van der Waals surface area contributed by atoms with Gasteiger partial charge in [0.1, 0.15) is 17.5 Å². The Morgan fingerprint density at radius 2 is 2.09 bits per heavy atom. The smallest absolute Gasteiger partial charge is 0.407 e. The van der Waals surface area contributed by atoms with Crippen LogP contribution in [-0.2, 0) is 4.74 Å². The molecule has 0 aromatic carbocycles. The number of nitrogens with one attached hydrogen (secondary N) is 2. The van der Waals surface area contributed by atoms with Crippen molar-refractivity contribution in [3.8, 4) is 0 Å². The van der Waals surface area contributed by atoms with E-state index in [1.54, 1.807) is 6.07 Å². The monoisotopic (exact) mass is 322 g/mol. The van der Waals surface area contributed by atoms with Crippen LogP contribution in [0, 0.1) is 10.1 Å². The first-order valence-corrected chi connectivity index (χ1v) is 7.59. The number of alkyl carbamates (subject to hydrolysis) is 1. The predicted octanol–water partition coefficient (Wildman–Crippen LogP) is 2.85. The fourth-order valence-corrected chi connectivity index (χ4v) is 2.59. The summed E-state index contributed by atoms with van der Waals surface area (Å²) in [6.45, 7) is 5.44. The van der Waals surface area contributed by atoms with Gasteiger partial charge in [-0.2, -0.15) is 0 Å². The van der Waals surface area contributed by atoms with E-state index in [0.29, 0.717) is 12.1 Å². The number of aromatic nitrogens is 1. The zero-order valence-electron chi connectivity index (χ0n) is 13.5. The number of nitro groups is 1. The minimum absolute atomic E-state index is 0.00300. The van der Waals surface area contributed by atoms with Crippen molar-refractivity contribution >= 4 is 17.5 Å². The van der Waals surface area contributed by atoms with Crippen LogP contribution in [-0.4, -0.2) is 33.7 Å². The third kappa shape index (κ3) is 5.08. The topological polar surface area (TPSA) is 106 Å². The van der Waals surface area contributed by atoms with Crippen LogP contribution >= 0.6 is 0 Å². The van der Waals surface area contributed by atoms with Crippen molar-refractivity contribution < 1.29 is 14.5 Å². The van der Waals surface area contributed by atoms with Crippen LogP contribution in [0.3, 0.4) is 0 Å². The van der Waals surface area contributed by atoms with E-state index < -0.39 is 16.6 Å². The van der Waals surface area contributed by atoms with Crippen molar-refractivity contribution in [1.29, 1.82) is 0 Å². The average molecular weight is 322 g/mol. The Morgan fingerprint density at radius 1 is 1.39 bits per heavy atom. The second-order valence-electron chi connectivity index (χ2n) is 6.65. The molecule has 8 nitrogen and oxygen atoms in total. The molecule has 2 N–H and O–H groups in total. The Morgan fingerprint density at radius 3 is 2.74 bits per heavy atom. The molecule has 0 radical (unpaired) electrons. The molecule has 126 valence electrons. The van der Waals surface area contributed by atoms with Crippen molar-refractivity contribution in [3.63, 3.8) is 0 Å². The second-order valence-corrected chi connectivity index (χ2v) is 6.65. The molecule has 0 unspecified atom stereocenters. The maximum atomic E-state index is 11.8. The summed E-state index contributed by atoms with van der Waals surface area (Å²) in [6, 6.07) is 1.66. The third-order valence-corrected chi connectivity index (χ3v) is 3.51. The molecule has 1 aromatic rings. The second kappa shape index (κ2) is 6.80. The minimum atomic E-state index is -0.530. The first-order valence-electron chi connectivity index (χ1n) is 7.59. The molecule has 1 amide bonds. The van der Waals surface area contributed by atoms with Gasteiger partial charge < -0.3 is 15.4 Å². The molecule has 1 fully saturated rings. The molecule has 2 rings (SSSR count). The molecule has 23 heavy (non-hydrogen) atoms. The Labute approximate surface area is 134 Å². The Balaban J connectivity index is 1.89. The highest BCUT2D eigenvalue weighted by Gasteiger charge is 2.28. The number of hydrogen-bond donors (Lipinski definition) is 2. The van der Waals surface area contributed by atoms with Crippen LogP contribution in [0.15, 0.2) is 18.5 Å². The summed E-state index contributed by atoms with van der Waals surface area (Å²) in [7, 11) is 0. The minimum Gasteiger partial charge on any atom is -0.444 e. The molecule has 2 atom stereocenters. The molecule has 1 aromatic heterocycles. The summed E-state index contributed by atoms with van der Waals surface area (Å²) in [6.07, 6.45) is 4.63. The molecule has 1 heterocycles. The van der Waals surface area contributed by atoms with Crippen LogP contribution < -0.4 is 10.6 Å². The highest BCUT2D eigenvalue weighted by Crippen LogP contribution is 2.28. The predicted molar refractivity (Wildman–Crippen MR) is 85.3 cm³/mol. The van der Waals surface area contributed by atoms with Gasteiger partial charge in [0.25, 0.3) is 0 Å². The maximum absolute atomic E-state index is 11.8. The Kier molecular flexibility index (Phi) is 5.02. The van der Waals surface area contributed by atoms with E-state index in [9.17, 15) is 14.9 Å². The number of carbonyl (C=O) groups excluding carboxylic acids is 1. The zero-order chi connectivity index (χ0) is 17.0. The van der Waals surface area contributed by atoms with Crippen LogP contribution in [0.25, 0.3) is 0 Å². The standard InChI is InChI=1S/C15H22N4O4/c1-15(2,3)23-14(20)18-11-5-4-10(8-11)17-12-6-7-16-9-13(12)19(21)22/h6-7,9-11H,4-5,8H2,1-3H3,(H,16,17)(H,18,20)/t10-,11-/m0/s1. The van der Waals surface area contributed by atoms with Gasteiger partial charge in [0, 0.05) is 18.3 Å². The lowest BCUT2D eigenvalue weighted by Gasteiger charge is -2.22. The molecule has 0 aliphatic heterocycles. The molecular weight excluding hydrogens is 300 g/mol. The van der Waals surface area contributed by atoms with Gasteiger partial charge in [-0.15, -0.1) is 0 Å². The molecular formula is C15H22N4O4. The van der Waals surface area contributed by atoms with E-state index in [-0.39, 0.29) is 17.8 Å². The van der Waals surface area contributed by atoms with Crippen molar-refractivity contribution in [1.82, 2.24) is 10.3 Å². The fourth-order valence-electron chi connectivity index (χ4n) is 2.59. The van der Waals surface area contributed by atoms with E-state index in [4.69, 9.17) is 4.74 Å². The summed E-state index contributed by atoms with van der Waals surface area (Å²) >= 11 is 0. The highest BCUT2D eigenvalue weighted by atomic mass is 16.6. The van der Waals surface area contributed by atoms with Crippen molar-refractivity contribution in [2.24, 2.45) is 0 Å². The number of rotatable bonds is 4. The van der Waals surface area contributed by atoms with Crippen LogP contribution in [0.5, 0.6) is 0 Å². The van der Waals surface area contributed by atoms with Crippen molar-refractivity contribution in [3.05, 3.63) is 28.6 Å². The summed E-state index contributed by atoms with van der Waals surface area (Å²) in [5.41, 5.74) is -0.123. The highest BCUT2D eigenvalue weighted by molar-refractivity contribution is 5.68. The van der Waals surface area contributed by atoms with Crippen LogP contribution in [0.1, 0.15) is 40.0 Å². The first kappa shape index (κ1) is 17.0. The van der Waals surface area contributed by atoms with Crippen LogP contribution in [0.4, 0.5) is 16.2 Å². The lowest BCUT2D eigenvalue weighted by Crippen LogP contribution is -2.38. The Bertz CT molecular complexity index is 585. The molecule has 1 saturated carbocycles. The normalized spacial score (nSPS) is 20.8. The van der Waals surface area contributed by atoms with Gasteiger partial charge in [0.2, 0.25) is 0 Å². The number of carbonyl (C=O) groups is 1. The number of pyridine rings is 1. The number of hydrogen-bond acceptors (Lipinski definition) is 6. The van der Waals surface area contributed by atoms with Crippen molar-refractivity contribution in [2.45, 2.75) is 57.7 Å². The molecule has 8 heteroatoms. The Hall–Kier alpha value is -2.38. The maximum Gasteiger partial charge on any atom is 0.407 e. The third-order valence-electron chi connectivity index (χ3n) is 3.51. The molecule has 1 aliphatic rings. The lowest BCUT2D eigenvalue weighted by molar-refractivity contribution is -0.384. The van der Waals surface area contributed by atoms with E-state index in [0.717, 1.165) is 12.8 Å². The average Bonchev–Trinajstić information content (AvgIpc) is 2.84. The summed E-state index contributed by atoms with van der Waals surface area (Å²) in [5, 5.41) is 17.0. The molecule has 0 saturated heterocycles. The van der Waals surface area contributed by atoms with E-state index >= 15 is 0 Å². The number of ether oxygens (including phenoxy) is 1. The zero-order valence-corrected chi connectivity index (χ0v) is 13.5. The first-order chi connectivity index (χ1) is 10.7. The van der Waals surface area contributed by atoms with Gasteiger partial charge in [-0.3, -0.25) is 15.1 Å². The van der Waals surface area contributed by atoms with Gasteiger partial charge in [-0.25, -0.2) is 4.79 Å². The molecule has 1 aliphatic carbocycles. The summed E-state index contributed by atoms with van der Waals surface area (Å²) in [4.78, 5) is 26.1. The number of nitrogens with zero attached hydrogens (tertiary/aromatic N) is 2. The fraction of sp³-hybridized carbons (Fsp3) is 0.600. The van der Waals surface area contributed by atoms with Gasteiger partial charge in [0.05, 0.1) is 4.92 Å². The number of amides is 1. The van der Waals surface area contributed by atoms with Gasteiger partial charge in [-0.05, 0) is 46.1 Å². The quantitative estimate of drug-likeness (QED) is 0.652. The molecule has 0 bridgehead atoms. The summed E-state index contributed by atoms with van der Waals surface area (Å²) < 4.78 is 5.24. The molecule has 0 spiro atoms. The van der Waals surface area contributed by atoms with Gasteiger partial charge in [-0.1, -0.05) is 0 Å². The largest absolute Gasteiger partial charge is 0.444 e. The lowest BCUT2D eigenvalue weighted by atomic mass is 10.2. The van der Waals surface area contributed by atoms with E-state index in [2.05, 4.69) is 15.6 Å². The van der Waals surface area contributed by atoms with E-state index in [1.165, 1.54) is 12.4 Å². The number of anilines is 1. The van der Waals surface area contributed by atoms with Gasteiger partial charge in [0.15, 0.2) is 0 Å². The van der Waals surface area contributed by atoms with E-state index in [1.807, 2.05) is 20.8 Å². The SMILES string of the molecule is CC(C)(C)OC(=O)N[C@H]1CC[C@H](Nc2ccncc2[N+](=O)[O-])C1. The van der Waals surface area contributed by atoms with Crippen LogP contribution in [0.2, 0.25) is 0 Å². The van der Waals surface area contributed by atoms with Gasteiger partial charge >= 0.3 is 11.8 Å².